The Labute approximate surface area is 142 Å². The molecule has 1 aromatic rings. The van der Waals surface area contributed by atoms with Crippen LogP contribution < -0.4 is 5.43 Å². The minimum atomic E-state index is -0.397. The Kier molecular flexibility index (Phi) is 3.36. The number of hydrogen-bond donors (Lipinski definition) is 1. The summed E-state index contributed by atoms with van der Waals surface area (Å²) >= 11 is 0. The first-order chi connectivity index (χ1) is 11.6. The van der Waals surface area contributed by atoms with Crippen molar-refractivity contribution < 1.29 is 4.79 Å². The number of rotatable bonds is 1. The van der Waals surface area contributed by atoms with Gasteiger partial charge in [-0.05, 0) is 36.0 Å². The third kappa shape index (κ3) is 1.85. The van der Waals surface area contributed by atoms with E-state index in [9.17, 15) is 10.1 Å². The van der Waals surface area contributed by atoms with Crippen LogP contribution in [0.2, 0.25) is 0 Å². The molecule has 24 heavy (non-hydrogen) atoms. The normalized spacial score (nSPS) is 32.1. The number of nitrogens with zero attached hydrogens (tertiary/aromatic N) is 2. The van der Waals surface area contributed by atoms with Gasteiger partial charge >= 0.3 is 0 Å². The highest BCUT2D eigenvalue weighted by Crippen LogP contribution is 2.55. The lowest BCUT2D eigenvalue weighted by atomic mass is 9.54. The number of carbonyl (C=O) groups excluding carboxylic acids is 1. The maximum absolute atomic E-state index is 12.6. The summed E-state index contributed by atoms with van der Waals surface area (Å²) in [7, 11) is 2.04. The molecular weight excluding hydrogens is 298 g/mol. The lowest BCUT2D eigenvalue weighted by Gasteiger charge is -2.49. The zero-order valence-corrected chi connectivity index (χ0v) is 14.0. The Bertz CT molecular complexity index is 802. The molecule has 3 atom stereocenters. The summed E-state index contributed by atoms with van der Waals surface area (Å²) in [4.78, 5) is 12.6. The van der Waals surface area contributed by atoms with E-state index in [0.717, 1.165) is 19.4 Å². The summed E-state index contributed by atoms with van der Waals surface area (Å²) < 4.78 is 0. The van der Waals surface area contributed by atoms with Gasteiger partial charge < -0.3 is 5.01 Å². The second-order valence-corrected chi connectivity index (χ2v) is 7.05. The Balaban J connectivity index is 2.06. The molecule has 4 nitrogen and oxygen atoms in total. The topological polar surface area (TPSA) is 56.1 Å². The van der Waals surface area contributed by atoms with Crippen LogP contribution in [0.1, 0.15) is 25.3 Å². The minimum absolute atomic E-state index is 0.00767. The molecule has 1 heterocycles. The van der Waals surface area contributed by atoms with Crippen molar-refractivity contribution in [2.45, 2.75) is 25.2 Å². The monoisotopic (exact) mass is 319 g/mol. The Morgan fingerprint density at radius 1 is 1.33 bits per heavy atom. The van der Waals surface area contributed by atoms with Gasteiger partial charge in [0, 0.05) is 25.2 Å². The first-order valence-corrected chi connectivity index (χ1v) is 8.52. The van der Waals surface area contributed by atoms with Crippen LogP contribution in [0, 0.1) is 23.2 Å². The lowest BCUT2D eigenvalue weighted by molar-refractivity contribution is -0.121. The van der Waals surface area contributed by atoms with Gasteiger partial charge in [0.1, 0.15) is 6.07 Å². The molecule has 0 saturated heterocycles. The predicted octanol–water partition coefficient (Wildman–Crippen LogP) is 2.71. The van der Waals surface area contributed by atoms with Crippen molar-refractivity contribution >= 4 is 5.78 Å². The number of allylic oxidation sites excluding steroid dienone is 2. The summed E-state index contributed by atoms with van der Waals surface area (Å²) in [6.45, 7) is 2.84. The van der Waals surface area contributed by atoms with E-state index in [-0.39, 0.29) is 17.6 Å². The van der Waals surface area contributed by atoms with Crippen LogP contribution in [0.4, 0.5) is 0 Å². The van der Waals surface area contributed by atoms with Crippen LogP contribution in [0.25, 0.3) is 0 Å². The van der Waals surface area contributed by atoms with Gasteiger partial charge in [0.15, 0.2) is 5.78 Å². The molecule has 1 aliphatic heterocycles. The first kappa shape index (κ1) is 15.2. The number of nitrogens with one attached hydrogen (secondary N) is 1. The van der Waals surface area contributed by atoms with Crippen LogP contribution in [0.3, 0.4) is 0 Å². The van der Waals surface area contributed by atoms with Gasteiger partial charge in [0.2, 0.25) is 0 Å². The van der Waals surface area contributed by atoms with Gasteiger partial charge in [-0.2, -0.15) is 5.26 Å². The molecule has 3 unspecified atom stereocenters. The molecule has 0 radical (unpaired) electrons. The molecule has 0 fully saturated rings. The number of likely N-dealkylation sites (N-methyl/N-ethyl adjacent to an activating group) is 1. The number of hydrogen-bond acceptors (Lipinski definition) is 4. The second kappa shape index (κ2) is 5.32. The summed E-state index contributed by atoms with van der Waals surface area (Å²) in [5.41, 5.74) is 7.12. The Morgan fingerprint density at radius 2 is 2.08 bits per heavy atom. The van der Waals surface area contributed by atoms with E-state index in [1.165, 1.54) is 16.8 Å². The number of Topliss-reactive ketones (excluding diaryl/α,β-unsaturated/α-hetero) is 1. The molecule has 0 saturated carbocycles. The number of hydrazine groups is 1. The fourth-order valence-corrected chi connectivity index (χ4v) is 4.91. The molecule has 1 N–H and O–H groups in total. The van der Waals surface area contributed by atoms with Crippen LogP contribution in [-0.4, -0.2) is 24.4 Å². The third-order valence-corrected chi connectivity index (χ3v) is 5.96. The molecule has 4 heteroatoms. The summed E-state index contributed by atoms with van der Waals surface area (Å²) in [6.07, 6.45) is 3.94. The number of fused-ring (bicyclic) bond motifs is 2. The smallest absolute Gasteiger partial charge is 0.176 e. The van der Waals surface area contributed by atoms with Crippen LogP contribution in [0.15, 0.2) is 53.3 Å². The van der Waals surface area contributed by atoms with Crippen LogP contribution >= 0.6 is 0 Å². The molecule has 0 amide bonds. The standard InChI is InChI=1S/C20H21N3O/c1-13-17-9-8-14-12-22-23(2)19(14)20(17,10-15(11-21)18(13)24)16-6-4-3-5-7-16/h3-7,10,13,17,22H,8-9,12H2,1-2H3. The maximum atomic E-state index is 12.6. The number of nitriles is 1. The zero-order valence-electron chi connectivity index (χ0n) is 14.0. The van der Waals surface area contributed by atoms with Crippen molar-refractivity contribution in [1.29, 1.82) is 5.26 Å². The van der Waals surface area contributed by atoms with Crippen molar-refractivity contribution in [3.63, 3.8) is 0 Å². The van der Waals surface area contributed by atoms with E-state index >= 15 is 0 Å². The quantitative estimate of drug-likeness (QED) is 0.865. The van der Waals surface area contributed by atoms with E-state index in [4.69, 9.17) is 0 Å². The number of benzene rings is 1. The van der Waals surface area contributed by atoms with E-state index in [1.54, 1.807) is 0 Å². The van der Waals surface area contributed by atoms with Gasteiger partial charge in [0.05, 0.1) is 11.0 Å². The SMILES string of the molecule is CC1C(=O)C(C#N)=CC2(c3ccccc3)C3=C(CCC12)CNN3C. The average Bonchev–Trinajstić information content (AvgIpc) is 3.00. The van der Waals surface area contributed by atoms with Crippen LogP contribution in [0.5, 0.6) is 0 Å². The van der Waals surface area contributed by atoms with Gasteiger partial charge in [-0.25, -0.2) is 5.43 Å². The highest BCUT2D eigenvalue weighted by Gasteiger charge is 2.54. The lowest BCUT2D eigenvalue weighted by Crippen LogP contribution is -2.50. The fourth-order valence-electron chi connectivity index (χ4n) is 4.91. The van der Waals surface area contributed by atoms with Crippen molar-refractivity contribution in [3.05, 3.63) is 58.8 Å². The van der Waals surface area contributed by atoms with Crippen molar-refractivity contribution in [3.8, 4) is 6.07 Å². The largest absolute Gasteiger partial charge is 0.314 e. The van der Waals surface area contributed by atoms with Gasteiger partial charge in [0.25, 0.3) is 0 Å². The van der Waals surface area contributed by atoms with Gasteiger partial charge in [-0.1, -0.05) is 37.3 Å². The molecular formula is C20H21N3O. The van der Waals surface area contributed by atoms with Gasteiger partial charge in [-0.15, -0.1) is 0 Å². The number of carbonyl (C=O) groups is 1. The molecule has 0 spiro atoms. The minimum Gasteiger partial charge on any atom is -0.314 e. The third-order valence-electron chi connectivity index (χ3n) is 5.96. The van der Waals surface area contributed by atoms with Gasteiger partial charge in [-0.3, -0.25) is 4.79 Å². The van der Waals surface area contributed by atoms with E-state index in [1.807, 2.05) is 38.2 Å². The van der Waals surface area contributed by atoms with Crippen molar-refractivity contribution in [2.75, 3.05) is 13.6 Å². The molecule has 0 aromatic heterocycles. The fraction of sp³-hybridized carbons (Fsp3) is 0.400. The molecule has 1 aromatic carbocycles. The van der Waals surface area contributed by atoms with Crippen molar-refractivity contribution in [2.24, 2.45) is 11.8 Å². The average molecular weight is 319 g/mol. The van der Waals surface area contributed by atoms with E-state index in [2.05, 4.69) is 28.6 Å². The summed E-state index contributed by atoms with van der Waals surface area (Å²) in [6, 6.07) is 12.5. The first-order valence-electron chi connectivity index (χ1n) is 8.52. The van der Waals surface area contributed by atoms with Crippen LogP contribution in [-0.2, 0) is 10.2 Å². The van der Waals surface area contributed by atoms with Crippen molar-refractivity contribution in [1.82, 2.24) is 10.4 Å². The maximum Gasteiger partial charge on any atom is 0.176 e. The Morgan fingerprint density at radius 3 is 2.79 bits per heavy atom. The predicted molar refractivity (Wildman–Crippen MR) is 91.5 cm³/mol. The Hall–Kier alpha value is -2.38. The highest BCUT2D eigenvalue weighted by atomic mass is 16.1. The molecule has 2 aliphatic carbocycles. The summed E-state index contributed by atoms with van der Waals surface area (Å²) in [5.74, 6) is 0.0326. The van der Waals surface area contributed by atoms with E-state index < -0.39 is 5.41 Å². The van der Waals surface area contributed by atoms with E-state index in [0.29, 0.717) is 5.57 Å². The molecule has 122 valence electrons. The zero-order chi connectivity index (χ0) is 16.9. The molecule has 0 bridgehead atoms. The molecule has 3 aliphatic rings. The number of ketones is 1. The molecule has 4 rings (SSSR count). The highest BCUT2D eigenvalue weighted by molar-refractivity contribution is 6.02. The second-order valence-electron chi connectivity index (χ2n) is 7.05. The summed E-state index contributed by atoms with van der Waals surface area (Å²) in [5, 5.41) is 11.7.